The van der Waals surface area contributed by atoms with Crippen molar-refractivity contribution in [3.05, 3.63) is 0 Å². The molecule has 29 heavy (non-hydrogen) atoms. The Balaban J connectivity index is 5.08. The quantitative estimate of drug-likeness (QED) is 0.262. The highest BCUT2D eigenvalue weighted by atomic mass is 32.2. The maximum absolute atomic E-state index is 13.8. The number of carbonyl (C=O) groups excluding carboxylic acids is 1. The SMILES string of the molecule is CCCCCCCCCC[C@H](C(=O)OC(C)C)[C@H](N[S@@](=O)C(C)(C)C)C(F)(F)F. The van der Waals surface area contributed by atoms with Crippen molar-refractivity contribution in [2.75, 3.05) is 0 Å². The highest BCUT2D eigenvalue weighted by Gasteiger charge is 2.49. The fourth-order valence-electron chi connectivity index (χ4n) is 2.91. The van der Waals surface area contributed by atoms with Gasteiger partial charge in [0.25, 0.3) is 0 Å². The Hall–Kier alpha value is -0.630. The topological polar surface area (TPSA) is 55.4 Å². The second-order valence-electron chi connectivity index (χ2n) is 8.87. The molecule has 0 unspecified atom stereocenters. The molecular formula is C21H40F3NO3S. The third-order valence-corrected chi connectivity index (χ3v) is 6.15. The summed E-state index contributed by atoms with van der Waals surface area (Å²) in [5.74, 6) is -2.30. The third kappa shape index (κ3) is 12.6. The standard InChI is InChI=1S/C21H40F3NO3S/c1-7-8-9-10-11-12-13-14-15-17(19(26)28-16(2)3)18(21(22,23)24)25-29(27)20(4,5)6/h16-18,25H,7-15H2,1-6H3/t17-,18-,29-/m0/s1. The van der Waals surface area contributed by atoms with E-state index >= 15 is 0 Å². The molecule has 0 amide bonds. The van der Waals surface area contributed by atoms with Gasteiger partial charge >= 0.3 is 12.1 Å². The van der Waals surface area contributed by atoms with Crippen molar-refractivity contribution in [2.24, 2.45) is 5.92 Å². The number of hydrogen-bond acceptors (Lipinski definition) is 3. The van der Waals surface area contributed by atoms with E-state index in [1.807, 2.05) is 0 Å². The van der Waals surface area contributed by atoms with E-state index in [2.05, 4.69) is 11.6 Å². The number of carbonyl (C=O) groups is 1. The Morgan fingerprint density at radius 3 is 1.86 bits per heavy atom. The lowest BCUT2D eigenvalue weighted by molar-refractivity contribution is -0.181. The van der Waals surface area contributed by atoms with Crippen LogP contribution in [0.15, 0.2) is 0 Å². The highest BCUT2D eigenvalue weighted by Crippen LogP contribution is 2.31. The molecule has 0 aliphatic rings. The number of hydrogen-bond donors (Lipinski definition) is 1. The van der Waals surface area contributed by atoms with Gasteiger partial charge in [0.05, 0.1) is 27.8 Å². The zero-order valence-corrected chi connectivity index (χ0v) is 19.7. The molecule has 0 fully saturated rings. The third-order valence-electron chi connectivity index (χ3n) is 4.57. The first-order valence-corrected chi connectivity index (χ1v) is 11.9. The lowest BCUT2D eigenvalue weighted by Crippen LogP contribution is -2.53. The average molecular weight is 444 g/mol. The van der Waals surface area contributed by atoms with Crippen molar-refractivity contribution in [2.45, 2.75) is 122 Å². The fraction of sp³-hybridized carbons (Fsp3) is 0.952. The first-order chi connectivity index (χ1) is 13.3. The highest BCUT2D eigenvalue weighted by molar-refractivity contribution is 7.84. The second-order valence-corrected chi connectivity index (χ2v) is 10.9. The predicted octanol–water partition coefficient (Wildman–Crippen LogP) is 6.07. The molecular weight excluding hydrogens is 403 g/mol. The van der Waals surface area contributed by atoms with Gasteiger partial charge in [-0.15, -0.1) is 0 Å². The van der Waals surface area contributed by atoms with Gasteiger partial charge in [-0.05, 0) is 41.0 Å². The van der Waals surface area contributed by atoms with Crippen LogP contribution in [0.2, 0.25) is 0 Å². The summed E-state index contributed by atoms with van der Waals surface area (Å²) in [5.41, 5.74) is 0. The van der Waals surface area contributed by atoms with Crippen LogP contribution in [-0.2, 0) is 20.5 Å². The number of nitrogens with one attached hydrogen (secondary N) is 1. The van der Waals surface area contributed by atoms with Crippen molar-refractivity contribution in [1.29, 1.82) is 0 Å². The van der Waals surface area contributed by atoms with Crippen molar-refractivity contribution in [3.8, 4) is 0 Å². The number of alkyl halides is 3. The monoisotopic (exact) mass is 443 g/mol. The molecule has 0 rings (SSSR count). The summed E-state index contributed by atoms with van der Waals surface area (Å²) in [4.78, 5) is 12.4. The molecule has 0 aliphatic heterocycles. The summed E-state index contributed by atoms with van der Waals surface area (Å²) in [6, 6.07) is -2.20. The molecule has 0 aromatic rings. The van der Waals surface area contributed by atoms with Crippen molar-refractivity contribution in [3.63, 3.8) is 0 Å². The maximum Gasteiger partial charge on any atom is 0.405 e. The van der Waals surface area contributed by atoms with Crippen LogP contribution in [-0.4, -0.2) is 33.2 Å². The summed E-state index contributed by atoms with van der Waals surface area (Å²) in [7, 11) is -1.96. The number of halogens is 3. The number of esters is 1. The van der Waals surface area contributed by atoms with Crippen LogP contribution in [0.1, 0.15) is 99.3 Å². The molecule has 0 aliphatic carbocycles. The first kappa shape index (κ1) is 28.4. The van der Waals surface area contributed by atoms with E-state index in [4.69, 9.17) is 4.74 Å². The zero-order chi connectivity index (χ0) is 22.7. The molecule has 0 saturated heterocycles. The smallest absolute Gasteiger partial charge is 0.405 e. The van der Waals surface area contributed by atoms with Gasteiger partial charge < -0.3 is 4.74 Å². The van der Waals surface area contributed by atoms with Gasteiger partial charge in [-0.25, -0.2) is 8.93 Å². The number of ether oxygens (including phenoxy) is 1. The van der Waals surface area contributed by atoms with Crippen molar-refractivity contribution < 1.29 is 26.9 Å². The average Bonchev–Trinajstić information content (AvgIpc) is 2.56. The number of unbranched alkanes of at least 4 members (excludes halogenated alkanes) is 7. The van der Waals surface area contributed by atoms with E-state index in [0.29, 0.717) is 6.42 Å². The van der Waals surface area contributed by atoms with E-state index in [1.54, 1.807) is 34.6 Å². The van der Waals surface area contributed by atoms with Crippen molar-refractivity contribution in [1.82, 2.24) is 4.72 Å². The zero-order valence-electron chi connectivity index (χ0n) is 18.9. The van der Waals surface area contributed by atoms with Gasteiger partial charge in [0.1, 0.15) is 6.04 Å². The van der Waals surface area contributed by atoms with Crippen LogP contribution in [0, 0.1) is 5.92 Å². The van der Waals surface area contributed by atoms with Gasteiger partial charge in [-0.3, -0.25) is 4.79 Å². The Labute approximate surface area is 177 Å². The minimum absolute atomic E-state index is 0.0546. The second kappa shape index (κ2) is 13.6. The first-order valence-electron chi connectivity index (χ1n) is 10.8. The lowest BCUT2D eigenvalue weighted by atomic mass is 9.93. The molecule has 0 aromatic carbocycles. The normalized spacial score (nSPS) is 15.9. The van der Waals surface area contributed by atoms with Crippen LogP contribution in [0.4, 0.5) is 13.2 Å². The predicted molar refractivity (Wildman–Crippen MR) is 113 cm³/mol. The van der Waals surface area contributed by atoms with E-state index in [1.165, 1.54) is 19.3 Å². The fourth-order valence-corrected chi connectivity index (χ4v) is 3.79. The van der Waals surface area contributed by atoms with Gasteiger partial charge in [0.2, 0.25) is 0 Å². The van der Waals surface area contributed by atoms with Gasteiger partial charge in [-0.1, -0.05) is 58.3 Å². The molecule has 0 bridgehead atoms. The maximum atomic E-state index is 13.8. The Kier molecular flexibility index (Phi) is 13.3. The van der Waals surface area contributed by atoms with Crippen LogP contribution in [0.3, 0.4) is 0 Å². The van der Waals surface area contributed by atoms with Crippen LogP contribution in [0.25, 0.3) is 0 Å². The Bertz CT molecular complexity index is 491. The summed E-state index contributed by atoms with van der Waals surface area (Å²) >= 11 is 0. The van der Waals surface area contributed by atoms with Crippen molar-refractivity contribution >= 4 is 17.0 Å². The van der Waals surface area contributed by atoms with Crippen LogP contribution >= 0.6 is 0 Å². The van der Waals surface area contributed by atoms with Crippen LogP contribution in [0.5, 0.6) is 0 Å². The molecule has 3 atom stereocenters. The largest absolute Gasteiger partial charge is 0.463 e. The molecule has 4 nitrogen and oxygen atoms in total. The van der Waals surface area contributed by atoms with Gasteiger partial charge in [-0.2, -0.15) is 13.2 Å². The minimum Gasteiger partial charge on any atom is -0.463 e. The summed E-state index contributed by atoms with van der Waals surface area (Å²) in [5, 5.41) is 0. The van der Waals surface area contributed by atoms with E-state index in [-0.39, 0.29) is 6.42 Å². The van der Waals surface area contributed by atoms with E-state index < -0.39 is 45.9 Å². The molecule has 0 heterocycles. The molecule has 0 radical (unpaired) electrons. The minimum atomic E-state index is -4.71. The summed E-state index contributed by atoms with van der Waals surface area (Å²) in [6.45, 7) is 10.1. The molecule has 1 N–H and O–H groups in total. The molecule has 0 aromatic heterocycles. The lowest BCUT2D eigenvalue weighted by Gasteiger charge is -2.31. The van der Waals surface area contributed by atoms with Crippen LogP contribution < -0.4 is 4.72 Å². The molecule has 0 spiro atoms. The van der Waals surface area contributed by atoms with E-state index in [9.17, 15) is 22.2 Å². The Morgan fingerprint density at radius 1 is 0.966 bits per heavy atom. The van der Waals surface area contributed by atoms with Gasteiger partial charge in [0.15, 0.2) is 0 Å². The summed E-state index contributed by atoms with van der Waals surface area (Å²) < 4.78 is 60.0. The summed E-state index contributed by atoms with van der Waals surface area (Å²) in [6.07, 6.45) is 2.78. The Morgan fingerprint density at radius 2 is 1.45 bits per heavy atom. The molecule has 8 heteroatoms. The number of rotatable bonds is 14. The van der Waals surface area contributed by atoms with E-state index in [0.717, 1.165) is 25.7 Å². The molecule has 174 valence electrons. The molecule has 0 saturated carbocycles. The van der Waals surface area contributed by atoms with Gasteiger partial charge in [0, 0.05) is 0 Å².